The molecule has 4 aromatic rings. The highest BCUT2D eigenvalue weighted by Gasteiger charge is 2.14. The van der Waals surface area contributed by atoms with Gasteiger partial charge in [0.2, 0.25) is 0 Å². The Hall–Kier alpha value is -3.77. The largest absolute Gasteiger partial charge is 0.465 e. The van der Waals surface area contributed by atoms with Gasteiger partial charge in [0.25, 0.3) is 0 Å². The first-order valence-electron chi connectivity index (χ1n) is 8.54. The Labute approximate surface area is 157 Å². The van der Waals surface area contributed by atoms with Crippen molar-refractivity contribution in [2.24, 2.45) is 0 Å². The van der Waals surface area contributed by atoms with Crippen molar-refractivity contribution in [2.75, 3.05) is 7.11 Å². The predicted molar refractivity (Wildman–Crippen MR) is 105 cm³/mol. The van der Waals surface area contributed by atoms with Crippen molar-refractivity contribution in [3.05, 3.63) is 95.6 Å². The fourth-order valence-corrected chi connectivity index (χ4v) is 2.97. The molecule has 0 aliphatic rings. The Morgan fingerprint density at radius 3 is 2.37 bits per heavy atom. The van der Waals surface area contributed by atoms with E-state index >= 15 is 0 Å². The van der Waals surface area contributed by atoms with Crippen molar-refractivity contribution in [2.45, 2.75) is 0 Å². The normalized spacial score (nSPS) is 10.3. The molecule has 1 heterocycles. The molecule has 0 fully saturated rings. The summed E-state index contributed by atoms with van der Waals surface area (Å²) in [5.41, 5.74) is 3.60. The molecule has 1 aromatic heterocycles. The number of benzene rings is 3. The molecule has 0 atom stereocenters. The Kier molecular flexibility index (Phi) is 4.47. The van der Waals surface area contributed by atoms with E-state index in [0.717, 1.165) is 27.9 Å². The quantitative estimate of drug-likeness (QED) is 0.364. The third kappa shape index (κ3) is 3.21. The zero-order valence-electron chi connectivity index (χ0n) is 14.7. The molecule has 0 saturated heterocycles. The number of esters is 1. The van der Waals surface area contributed by atoms with Crippen LogP contribution in [0.4, 0.5) is 0 Å². The molecule has 27 heavy (non-hydrogen) atoms. The molecule has 130 valence electrons. The van der Waals surface area contributed by atoms with E-state index in [9.17, 15) is 4.79 Å². The lowest BCUT2D eigenvalue weighted by Crippen LogP contribution is -2.03. The van der Waals surface area contributed by atoms with Crippen molar-refractivity contribution in [1.29, 1.82) is 0 Å². The summed E-state index contributed by atoms with van der Waals surface area (Å²) in [6.45, 7) is 0. The number of hydrogen-bond acceptors (Lipinski definition) is 3. The first-order valence-corrected chi connectivity index (χ1v) is 8.54. The van der Waals surface area contributed by atoms with Gasteiger partial charge < -0.3 is 9.15 Å². The number of fused-ring (bicyclic) bond motifs is 1. The number of rotatable bonds is 2. The van der Waals surface area contributed by atoms with Crippen LogP contribution in [0.5, 0.6) is 0 Å². The Bertz CT molecular complexity index is 1170. The summed E-state index contributed by atoms with van der Waals surface area (Å²) in [5.74, 6) is 6.66. The predicted octanol–water partition coefficient (Wildman–Crippen LogP) is 5.29. The maximum atomic E-state index is 12.0. The number of methoxy groups -OCH3 is 1. The fraction of sp³-hybridized carbons (Fsp3) is 0.0417. The van der Waals surface area contributed by atoms with Gasteiger partial charge in [0, 0.05) is 16.5 Å². The lowest BCUT2D eigenvalue weighted by atomic mass is 10.0. The number of hydrogen-bond donors (Lipinski definition) is 0. The molecule has 4 rings (SSSR count). The molecule has 0 aliphatic carbocycles. The van der Waals surface area contributed by atoms with E-state index in [-0.39, 0.29) is 0 Å². The fourth-order valence-electron chi connectivity index (χ4n) is 2.97. The zero-order chi connectivity index (χ0) is 18.6. The zero-order valence-corrected chi connectivity index (χ0v) is 14.7. The Morgan fingerprint density at radius 1 is 0.852 bits per heavy atom. The van der Waals surface area contributed by atoms with Crippen LogP contribution in [-0.2, 0) is 4.74 Å². The molecule has 3 heteroatoms. The van der Waals surface area contributed by atoms with Gasteiger partial charge in [-0.1, -0.05) is 66.4 Å². The highest BCUT2D eigenvalue weighted by Crippen LogP contribution is 2.32. The molecule has 3 nitrogen and oxygen atoms in total. The van der Waals surface area contributed by atoms with Gasteiger partial charge in [-0.2, -0.15) is 0 Å². The van der Waals surface area contributed by atoms with Crippen LogP contribution < -0.4 is 0 Å². The van der Waals surface area contributed by atoms with E-state index in [2.05, 4.69) is 11.8 Å². The molecule has 0 aliphatic heterocycles. The number of ether oxygens (including phenoxy) is 1. The van der Waals surface area contributed by atoms with Crippen molar-refractivity contribution >= 4 is 16.9 Å². The molecule has 0 radical (unpaired) electrons. The average Bonchev–Trinajstić information content (AvgIpc) is 3.11. The molecule has 0 amide bonds. The van der Waals surface area contributed by atoms with Gasteiger partial charge in [0.05, 0.1) is 18.2 Å². The van der Waals surface area contributed by atoms with Crippen LogP contribution in [-0.4, -0.2) is 13.1 Å². The van der Waals surface area contributed by atoms with E-state index in [4.69, 9.17) is 9.15 Å². The highest BCUT2D eigenvalue weighted by atomic mass is 16.5. The van der Waals surface area contributed by atoms with Crippen LogP contribution in [0.25, 0.3) is 22.3 Å². The minimum Gasteiger partial charge on any atom is -0.465 e. The van der Waals surface area contributed by atoms with Crippen LogP contribution in [0.3, 0.4) is 0 Å². The summed E-state index contributed by atoms with van der Waals surface area (Å²) in [4.78, 5) is 12.0. The van der Waals surface area contributed by atoms with Gasteiger partial charge in [0.15, 0.2) is 5.76 Å². The van der Waals surface area contributed by atoms with E-state index in [1.807, 2.05) is 66.7 Å². The maximum Gasteiger partial charge on any atom is 0.339 e. The number of carbonyl (C=O) groups is 1. The summed E-state index contributed by atoms with van der Waals surface area (Å²) >= 11 is 0. The van der Waals surface area contributed by atoms with Crippen LogP contribution in [0.15, 0.2) is 83.3 Å². The van der Waals surface area contributed by atoms with Gasteiger partial charge in [-0.25, -0.2) is 4.79 Å². The molecule has 0 spiro atoms. The summed E-state index contributed by atoms with van der Waals surface area (Å²) in [6, 6.07) is 24.8. The van der Waals surface area contributed by atoms with E-state index in [1.165, 1.54) is 7.11 Å². The monoisotopic (exact) mass is 352 g/mol. The van der Waals surface area contributed by atoms with Crippen molar-refractivity contribution in [3.63, 3.8) is 0 Å². The van der Waals surface area contributed by atoms with Gasteiger partial charge in [-0.05, 0) is 24.3 Å². The second-order valence-electron chi connectivity index (χ2n) is 5.96. The second kappa shape index (κ2) is 7.23. The van der Waals surface area contributed by atoms with Crippen LogP contribution in [0.1, 0.15) is 21.5 Å². The highest BCUT2D eigenvalue weighted by molar-refractivity contribution is 5.94. The molecular weight excluding hydrogens is 336 g/mol. The van der Waals surface area contributed by atoms with E-state index in [1.54, 1.807) is 12.1 Å². The smallest absolute Gasteiger partial charge is 0.339 e. The van der Waals surface area contributed by atoms with E-state index < -0.39 is 5.97 Å². The van der Waals surface area contributed by atoms with Crippen molar-refractivity contribution < 1.29 is 13.9 Å². The molecule has 0 N–H and O–H groups in total. The molecule has 0 bridgehead atoms. The Morgan fingerprint density at radius 2 is 1.56 bits per heavy atom. The Balaban J connectivity index is 1.90. The minimum absolute atomic E-state index is 0.403. The van der Waals surface area contributed by atoms with Crippen LogP contribution in [0, 0.1) is 11.8 Å². The molecule has 0 saturated carbocycles. The third-order valence-corrected chi connectivity index (χ3v) is 4.29. The van der Waals surface area contributed by atoms with E-state index in [0.29, 0.717) is 11.1 Å². The summed E-state index contributed by atoms with van der Waals surface area (Å²) < 4.78 is 10.9. The summed E-state index contributed by atoms with van der Waals surface area (Å²) in [5, 5.41) is 0.944. The number of furan rings is 1. The summed E-state index contributed by atoms with van der Waals surface area (Å²) in [6.07, 6.45) is 0. The molecule has 3 aromatic carbocycles. The lowest BCUT2D eigenvalue weighted by molar-refractivity contribution is 0.0600. The SMILES string of the molecule is COC(=O)c1ccccc1C#Cc1c(-c2ccccc2)oc2ccccc12. The van der Waals surface area contributed by atoms with Gasteiger partial charge in [-0.15, -0.1) is 0 Å². The second-order valence-corrected chi connectivity index (χ2v) is 5.96. The summed E-state index contributed by atoms with van der Waals surface area (Å²) in [7, 11) is 1.36. The lowest BCUT2D eigenvalue weighted by Gasteiger charge is -2.01. The minimum atomic E-state index is -0.403. The van der Waals surface area contributed by atoms with Crippen molar-refractivity contribution in [3.8, 4) is 23.2 Å². The van der Waals surface area contributed by atoms with Crippen molar-refractivity contribution in [1.82, 2.24) is 0 Å². The third-order valence-electron chi connectivity index (χ3n) is 4.29. The first kappa shape index (κ1) is 16.7. The van der Waals surface area contributed by atoms with Gasteiger partial charge in [0.1, 0.15) is 5.58 Å². The van der Waals surface area contributed by atoms with Crippen LogP contribution in [0.2, 0.25) is 0 Å². The maximum absolute atomic E-state index is 12.0. The standard InChI is InChI=1S/C24H16O3/c1-26-24(25)19-12-6-5-9-17(19)15-16-21-20-13-7-8-14-22(20)27-23(21)18-10-3-2-4-11-18/h2-14H,1H3. The average molecular weight is 352 g/mol. The van der Waals surface area contributed by atoms with Gasteiger partial charge in [-0.3, -0.25) is 0 Å². The number of para-hydroxylation sites is 1. The first-order chi connectivity index (χ1) is 13.3. The molecule has 0 unspecified atom stereocenters. The van der Waals surface area contributed by atoms with Gasteiger partial charge >= 0.3 is 5.97 Å². The topological polar surface area (TPSA) is 39.4 Å². The molecular formula is C24H16O3. The van der Waals surface area contributed by atoms with Crippen LogP contribution >= 0.6 is 0 Å². The number of carbonyl (C=O) groups excluding carboxylic acids is 1.